The molecule has 0 bridgehead atoms. The Morgan fingerprint density at radius 1 is 1.15 bits per heavy atom. The average Bonchev–Trinajstić information content (AvgIpc) is 2.46. The van der Waals surface area contributed by atoms with Gasteiger partial charge in [0, 0.05) is 24.6 Å². The van der Waals surface area contributed by atoms with Crippen molar-refractivity contribution in [1.29, 1.82) is 0 Å². The minimum absolute atomic E-state index is 0.302. The molecule has 1 atom stereocenters. The van der Waals surface area contributed by atoms with Crippen molar-refractivity contribution in [1.82, 2.24) is 0 Å². The van der Waals surface area contributed by atoms with Crippen LogP contribution in [0.15, 0.2) is 18.2 Å². The molecule has 6 heteroatoms. The van der Waals surface area contributed by atoms with Crippen molar-refractivity contribution in [2.45, 2.75) is 19.4 Å². The van der Waals surface area contributed by atoms with Crippen molar-refractivity contribution in [2.24, 2.45) is 5.73 Å². The van der Waals surface area contributed by atoms with Gasteiger partial charge < -0.3 is 24.7 Å². The Morgan fingerprint density at radius 3 is 2.20 bits per heavy atom. The Labute approximate surface area is 118 Å². The van der Waals surface area contributed by atoms with Crippen molar-refractivity contribution in [3.8, 4) is 17.2 Å². The molecule has 1 rings (SSSR count). The second kappa shape index (κ2) is 8.27. The van der Waals surface area contributed by atoms with Crippen LogP contribution in [0.2, 0.25) is 0 Å². The van der Waals surface area contributed by atoms with Crippen molar-refractivity contribution in [2.75, 3.05) is 27.4 Å². The zero-order valence-electron chi connectivity index (χ0n) is 12.0. The quantitative estimate of drug-likeness (QED) is 0.726. The first-order valence-corrected chi connectivity index (χ1v) is 6.38. The van der Waals surface area contributed by atoms with Crippen LogP contribution in [-0.4, -0.2) is 39.4 Å². The van der Waals surface area contributed by atoms with Gasteiger partial charge in [0.25, 0.3) is 0 Å². The van der Waals surface area contributed by atoms with E-state index in [-0.39, 0.29) is 0 Å². The van der Waals surface area contributed by atoms with Crippen LogP contribution in [0.1, 0.15) is 13.3 Å². The maximum absolute atomic E-state index is 11.3. The Kier molecular flexibility index (Phi) is 6.66. The highest BCUT2D eigenvalue weighted by molar-refractivity contribution is 5.75. The molecule has 0 fully saturated rings. The number of hydrogen-bond acceptors (Lipinski definition) is 6. The molecular weight excluding hydrogens is 262 g/mol. The van der Waals surface area contributed by atoms with E-state index in [0.717, 1.165) is 0 Å². The molecule has 6 nitrogen and oxygen atoms in total. The lowest BCUT2D eigenvalue weighted by atomic mass is 10.2. The second-order valence-electron chi connectivity index (χ2n) is 4.04. The minimum atomic E-state index is -0.678. The van der Waals surface area contributed by atoms with Gasteiger partial charge in [-0.3, -0.25) is 4.79 Å². The van der Waals surface area contributed by atoms with Gasteiger partial charge in [-0.25, -0.2) is 0 Å². The summed E-state index contributed by atoms with van der Waals surface area (Å²) < 4.78 is 20.6. The highest BCUT2D eigenvalue weighted by Gasteiger charge is 2.14. The fourth-order valence-electron chi connectivity index (χ4n) is 1.54. The Morgan fingerprint density at radius 2 is 1.70 bits per heavy atom. The molecule has 1 aromatic rings. The summed E-state index contributed by atoms with van der Waals surface area (Å²) >= 11 is 0. The smallest absolute Gasteiger partial charge is 0.323 e. The van der Waals surface area contributed by atoms with Crippen molar-refractivity contribution >= 4 is 5.97 Å². The number of carbonyl (C=O) groups excluding carboxylic acids is 1. The summed E-state index contributed by atoms with van der Waals surface area (Å²) in [7, 11) is 3.13. The van der Waals surface area contributed by atoms with Crippen LogP contribution in [0.3, 0.4) is 0 Å². The molecule has 0 aliphatic rings. The number of rotatable bonds is 8. The van der Waals surface area contributed by atoms with E-state index in [9.17, 15) is 4.79 Å². The first kappa shape index (κ1) is 16.1. The van der Waals surface area contributed by atoms with E-state index in [0.29, 0.717) is 36.9 Å². The molecule has 0 radical (unpaired) electrons. The van der Waals surface area contributed by atoms with Crippen molar-refractivity contribution in [3.63, 3.8) is 0 Å². The lowest BCUT2D eigenvalue weighted by Gasteiger charge is -2.13. The number of ether oxygens (including phenoxy) is 4. The molecule has 20 heavy (non-hydrogen) atoms. The zero-order chi connectivity index (χ0) is 15.0. The molecule has 0 heterocycles. The first-order valence-electron chi connectivity index (χ1n) is 6.38. The predicted octanol–water partition coefficient (Wildman–Crippen LogP) is 1.36. The Hall–Kier alpha value is -1.95. The summed E-state index contributed by atoms with van der Waals surface area (Å²) in [5, 5.41) is 0. The van der Waals surface area contributed by atoms with E-state index in [4.69, 9.17) is 24.7 Å². The molecule has 1 unspecified atom stereocenters. The van der Waals surface area contributed by atoms with Gasteiger partial charge in [0.1, 0.15) is 23.3 Å². The third kappa shape index (κ3) is 4.97. The second-order valence-corrected chi connectivity index (χ2v) is 4.04. The van der Waals surface area contributed by atoms with E-state index in [1.54, 1.807) is 39.3 Å². The first-order chi connectivity index (χ1) is 9.60. The van der Waals surface area contributed by atoms with E-state index in [2.05, 4.69) is 0 Å². The molecule has 2 N–H and O–H groups in total. The molecule has 0 spiro atoms. The van der Waals surface area contributed by atoms with Gasteiger partial charge in [-0.05, 0) is 6.92 Å². The third-order valence-corrected chi connectivity index (χ3v) is 2.61. The van der Waals surface area contributed by atoms with Crippen LogP contribution >= 0.6 is 0 Å². The van der Waals surface area contributed by atoms with Crippen molar-refractivity contribution in [3.05, 3.63) is 18.2 Å². The molecule has 0 saturated heterocycles. The van der Waals surface area contributed by atoms with Gasteiger partial charge in [-0.1, -0.05) is 0 Å². The molecule has 0 aliphatic carbocycles. The molecule has 0 amide bonds. The lowest BCUT2D eigenvalue weighted by Crippen LogP contribution is -2.33. The normalized spacial score (nSPS) is 11.6. The topological polar surface area (TPSA) is 80.0 Å². The maximum atomic E-state index is 11.3. The summed E-state index contributed by atoms with van der Waals surface area (Å²) in [6.45, 7) is 2.36. The van der Waals surface area contributed by atoms with Gasteiger partial charge in [-0.15, -0.1) is 0 Å². The zero-order valence-corrected chi connectivity index (χ0v) is 12.0. The van der Waals surface area contributed by atoms with Gasteiger partial charge in [0.15, 0.2) is 0 Å². The van der Waals surface area contributed by atoms with Crippen LogP contribution in [-0.2, 0) is 9.53 Å². The predicted molar refractivity (Wildman–Crippen MR) is 74.3 cm³/mol. The molecular formula is C14H21NO5. The van der Waals surface area contributed by atoms with Crippen molar-refractivity contribution < 1.29 is 23.7 Å². The number of hydrogen-bond donors (Lipinski definition) is 1. The van der Waals surface area contributed by atoms with Gasteiger partial charge in [-0.2, -0.15) is 0 Å². The fourth-order valence-corrected chi connectivity index (χ4v) is 1.54. The van der Waals surface area contributed by atoms with E-state index >= 15 is 0 Å². The van der Waals surface area contributed by atoms with Gasteiger partial charge in [0.05, 0.1) is 27.4 Å². The summed E-state index contributed by atoms with van der Waals surface area (Å²) in [5.74, 6) is 1.44. The van der Waals surface area contributed by atoms with Crippen LogP contribution in [0, 0.1) is 0 Å². The monoisotopic (exact) mass is 283 g/mol. The summed E-state index contributed by atoms with van der Waals surface area (Å²) in [6.07, 6.45) is 0.373. The highest BCUT2D eigenvalue weighted by Crippen LogP contribution is 2.27. The Balaban J connectivity index is 2.51. The fraction of sp³-hybridized carbons (Fsp3) is 0.500. The number of carbonyl (C=O) groups is 1. The number of esters is 1. The van der Waals surface area contributed by atoms with Crippen LogP contribution in [0.4, 0.5) is 0 Å². The average molecular weight is 283 g/mol. The highest BCUT2D eigenvalue weighted by atomic mass is 16.5. The molecule has 0 saturated carbocycles. The Bertz CT molecular complexity index is 413. The van der Waals surface area contributed by atoms with E-state index < -0.39 is 12.0 Å². The van der Waals surface area contributed by atoms with Crippen LogP contribution in [0.5, 0.6) is 17.2 Å². The third-order valence-electron chi connectivity index (χ3n) is 2.61. The molecule has 0 aromatic heterocycles. The number of benzene rings is 1. The maximum Gasteiger partial charge on any atom is 0.323 e. The van der Waals surface area contributed by atoms with Gasteiger partial charge in [0.2, 0.25) is 0 Å². The number of nitrogens with two attached hydrogens (primary N) is 1. The van der Waals surface area contributed by atoms with E-state index in [1.807, 2.05) is 0 Å². The summed E-state index contributed by atoms with van der Waals surface area (Å²) in [6, 6.07) is 4.54. The standard InChI is InChI=1S/C14H21NO5/c1-4-19-14(16)13(15)5-6-20-12-8-10(17-2)7-11(9-12)18-3/h7-9,13H,4-6,15H2,1-3H3. The molecule has 112 valence electrons. The minimum Gasteiger partial charge on any atom is -0.496 e. The molecule has 0 aliphatic heterocycles. The largest absolute Gasteiger partial charge is 0.496 e. The van der Waals surface area contributed by atoms with Crippen LogP contribution < -0.4 is 19.9 Å². The molecule has 1 aromatic carbocycles. The number of methoxy groups -OCH3 is 2. The summed E-state index contributed by atoms with van der Waals surface area (Å²) in [5.41, 5.74) is 5.68. The van der Waals surface area contributed by atoms with Crippen LogP contribution in [0.25, 0.3) is 0 Å². The SMILES string of the molecule is CCOC(=O)C(N)CCOc1cc(OC)cc(OC)c1. The van der Waals surface area contributed by atoms with E-state index in [1.165, 1.54) is 0 Å². The van der Waals surface area contributed by atoms with Gasteiger partial charge >= 0.3 is 5.97 Å². The lowest BCUT2D eigenvalue weighted by molar-refractivity contribution is -0.145. The summed E-state index contributed by atoms with van der Waals surface area (Å²) in [4.78, 5) is 11.3.